The van der Waals surface area contributed by atoms with Gasteiger partial charge in [-0.3, -0.25) is 4.79 Å². The summed E-state index contributed by atoms with van der Waals surface area (Å²) in [6, 6.07) is 13.7. The molecule has 0 bridgehead atoms. The number of benzene rings is 2. The number of aromatic nitrogens is 1. The number of hydrogen-bond donors (Lipinski definition) is 1. The SMILES string of the molecule is CC1(C)C(=O)N(c2ccc(SC(F)(F)F)cc2)C(=O)N1Cc1ccnc(Nc2cccc(F)c2)c1. The highest BCUT2D eigenvalue weighted by atomic mass is 32.2. The third-order valence-corrected chi connectivity index (χ3v) is 6.15. The van der Waals surface area contributed by atoms with E-state index in [4.69, 9.17) is 0 Å². The maximum Gasteiger partial charge on any atom is 0.446 e. The summed E-state index contributed by atoms with van der Waals surface area (Å²) < 4.78 is 51.3. The van der Waals surface area contributed by atoms with Gasteiger partial charge in [0, 0.05) is 23.3 Å². The molecule has 1 N–H and O–H groups in total. The Morgan fingerprint density at radius 3 is 2.40 bits per heavy atom. The van der Waals surface area contributed by atoms with E-state index < -0.39 is 28.8 Å². The van der Waals surface area contributed by atoms with Crippen LogP contribution in [0.3, 0.4) is 0 Å². The fourth-order valence-corrected chi connectivity index (χ4v) is 4.20. The van der Waals surface area contributed by atoms with Gasteiger partial charge >= 0.3 is 11.5 Å². The number of nitrogens with zero attached hydrogens (tertiary/aromatic N) is 3. The normalized spacial score (nSPS) is 15.6. The van der Waals surface area contributed by atoms with E-state index >= 15 is 0 Å². The highest BCUT2D eigenvalue weighted by molar-refractivity contribution is 8.00. The van der Waals surface area contributed by atoms with E-state index in [2.05, 4.69) is 10.3 Å². The first-order valence-electron chi connectivity index (χ1n) is 10.4. The number of anilines is 3. The summed E-state index contributed by atoms with van der Waals surface area (Å²) in [6.45, 7) is 3.29. The molecule has 0 spiro atoms. The quantitative estimate of drug-likeness (QED) is 0.242. The molecule has 2 aromatic carbocycles. The summed E-state index contributed by atoms with van der Waals surface area (Å²) >= 11 is -0.273. The summed E-state index contributed by atoms with van der Waals surface area (Å²) in [5, 5.41) is 2.99. The predicted molar refractivity (Wildman–Crippen MR) is 125 cm³/mol. The van der Waals surface area contributed by atoms with E-state index in [1.54, 1.807) is 38.1 Å². The fourth-order valence-electron chi connectivity index (χ4n) is 3.66. The molecule has 4 rings (SSSR count). The van der Waals surface area contributed by atoms with Crippen LogP contribution < -0.4 is 10.2 Å². The number of alkyl halides is 3. The maximum absolute atomic E-state index is 13.5. The molecule has 1 aliphatic rings. The van der Waals surface area contributed by atoms with Crippen molar-refractivity contribution in [1.82, 2.24) is 9.88 Å². The van der Waals surface area contributed by atoms with Crippen molar-refractivity contribution >= 4 is 40.9 Å². The van der Waals surface area contributed by atoms with Gasteiger partial charge in [-0.05, 0) is 85.8 Å². The average Bonchev–Trinajstić information content (AvgIpc) is 2.93. The highest BCUT2D eigenvalue weighted by Crippen LogP contribution is 2.39. The molecule has 3 amide bonds. The minimum Gasteiger partial charge on any atom is -0.340 e. The van der Waals surface area contributed by atoms with Gasteiger partial charge in [0.25, 0.3) is 5.91 Å². The Hall–Kier alpha value is -3.60. The van der Waals surface area contributed by atoms with Crippen molar-refractivity contribution in [1.29, 1.82) is 0 Å². The van der Waals surface area contributed by atoms with E-state index in [-0.39, 0.29) is 28.9 Å². The molecule has 1 aliphatic heterocycles. The van der Waals surface area contributed by atoms with E-state index in [0.717, 1.165) is 4.90 Å². The summed E-state index contributed by atoms with van der Waals surface area (Å²) in [5.41, 5.74) is -4.28. The van der Waals surface area contributed by atoms with Crippen LogP contribution >= 0.6 is 11.8 Å². The molecule has 0 atom stereocenters. The Labute approximate surface area is 202 Å². The molecule has 3 aromatic rings. The number of carbonyl (C=O) groups excluding carboxylic acids is 2. The third kappa shape index (κ3) is 5.40. The number of pyridine rings is 1. The van der Waals surface area contributed by atoms with Crippen molar-refractivity contribution in [3.63, 3.8) is 0 Å². The first-order valence-corrected chi connectivity index (χ1v) is 11.3. The lowest BCUT2D eigenvalue weighted by Crippen LogP contribution is -2.43. The molecule has 6 nitrogen and oxygen atoms in total. The molecule has 1 fully saturated rings. The Morgan fingerprint density at radius 1 is 1.03 bits per heavy atom. The second kappa shape index (κ2) is 9.21. The number of halogens is 4. The first kappa shape index (κ1) is 24.5. The zero-order valence-corrected chi connectivity index (χ0v) is 19.5. The molecule has 2 heterocycles. The number of imide groups is 1. The predicted octanol–water partition coefficient (Wildman–Crippen LogP) is 6.32. The Bertz CT molecular complexity index is 1260. The van der Waals surface area contributed by atoms with Gasteiger partial charge in [-0.25, -0.2) is 19.1 Å². The van der Waals surface area contributed by atoms with E-state index in [1.807, 2.05) is 0 Å². The zero-order valence-electron chi connectivity index (χ0n) is 18.6. The number of hydrogen-bond acceptors (Lipinski definition) is 5. The number of nitrogens with one attached hydrogen (secondary N) is 1. The summed E-state index contributed by atoms with van der Waals surface area (Å²) in [6.07, 6.45) is 1.53. The lowest BCUT2D eigenvalue weighted by Gasteiger charge is -2.27. The van der Waals surface area contributed by atoms with Gasteiger partial charge in [0.1, 0.15) is 17.2 Å². The van der Waals surface area contributed by atoms with E-state index in [0.29, 0.717) is 17.1 Å². The molecule has 1 aromatic heterocycles. The Morgan fingerprint density at radius 2 is 1.74 bits per heavy atom. The molecule has 11 heteroatoms. The van der Waals surface area contributed by atoms with Gasteiger partial charge in [-0.2, -0.15) is 13.2 Å². The van der Waals surface area contributed by atoms with Crippen molar-refractivity contribution in [2.24, 2.45) is 0 Å². The summed E-state index contributed by atoms with van der Waals surface area (Å²) in [5.74, 6) is -0.469. The van der Waals surface area contributed by atoms with E-state index in [9.17, 15) is 27.2 Å². The van der Waals surface area contributed by atoms with Crippen molar-refractivity contribution in [3.05, 3.63) is 78.2 Å². The van der Waals surface area contributed by atoms with Crippen LogP contribution in [0.25, 0.3) is 0 Å². The summed E-state index contributed by atoms with van der Waals surface area (Å²) in [4.78, 5) is 32.9. The van der Waals surface area contributed by atoms with Gasteiger partial charge in [0.05, 0.1) is 5.69 Å². The number of rotatable bonds is 6. The monoisotopic (exact) mass is 504 g/mol. The molecule has 0 saturated carbocycles. The molecule has 0 unspecified atom stereocenters. The molecule has 0 aliphatic carbocycles. The second-order valence-electron chi connectivity index (χ2n) is 8.29. The zero-order chi connectivity index (χ0) is 25.4. The van der Waals surface area contributed by atoms with Crippen molar-refractivity contribution in [2.45, 2.75) is 36.3 Å². The first-order chi connectivity index (χ1) is 16.4. The van der Waals surface area contributed by atoms with Crippen LogP contribution in [0.1, 0.15) is 19.4 Å². The number of thioether (sulfide) groups is 1. The van der Waals surface area contributed by atoms with Gasteiger partial charge in [-0.1, -0.05) is 6.07 Å². The molecule has 1 saturated heterocycles. The minimum atomic E-state index is -4.44. The van der Waals surface area contributed by atoms with Crippen LogP contribution in [0.2, 0.25) is 0 Å². The van der Waals surface area contributed by atoms with Crippen LogP contribution in [0.4, 0.5) is 39.5 Å². The van der Waals surface area contributed by atoms with Gasteiger partial charge in [-0.15, -0.1) is 0 Å². The number of amides is 3. The van der Waals surface area contributed by atoms with Crippen LogP contribution in [0.15, 0.2) is 71.8 Å². The number of carbonyl (C=O) groups is 2. The van der Waals surface area contributed by atoms with Crippen LogP contribution in [0.5, 0.6) is 0 Å². The Kier molecular flexibility index (Phi) is 6.46. The highest BCUT2D eigenvalue weighted by Gasteiger charge is 2.51. The lowest BCUT2D eigenvalue weighted by atomic mass is 10.0. The standard InChI is InChI=1S/C24H20F4N4O2S/c1-23(2)21(33)32(18-6-8-19(9-7-18)35-24(26,27)28)22(34)31(23)14-15-10-11-29-20(12-15)30-17-5-3-4-16(25)13-17/h3-13H,14H2,1-2H3,(H,29,30). The largest absolute Gasteiger partial charge is 0.446 e. The minimum absolute atomic E-state index is 0.0495. The average molecular weight is 505 g/mol. The van der Waals surface area contributed by atoms with Gasteiger partial charge in [0.2, 0.25) is 0 Å². The fraction of sp³-hybridized carbons (Fsp3) is 0.208. The van der Waals surface area contributed by atoms with Crippen LogP contribution in [0, 0.1) is 5.82 Å². The molecule has 182 valence electrons. The van der Waals surface area contributed by atoms with E-state index in [1.165, 1.54) is 47.5 Å². The van der Waals surface area contributed by atoms with Crippen molar-refractivity contribution < 1.29 is 27.2 Å². The van der Waals surface area contributed by atoms with Crippen molar-refractivity contribution in [2.75, 3.05) is 10.2 Å². The molecular formula is C24H20F4N4O2S. The van der Waals surface area contributed by atoms with Crippen molar-refractivity contribution in [3.8, 4) is 0 Å². The molecular weight excluding hydrogens is 484 g/mol. The molecule has 0 radical (unpaired) electrons. The maximum atomic E-state index is 13.5. The van der Waals surface area contributed by atoms with Gasteiger partial charge in [0.15, 0.2) is 0 Å². The number of urea groups is 1. The summed E-state index contributed by atoms with van der Waals surface area (Å²) in [7, 11) is 0. The Balaban J connectivity index is 1.54. The molecule has 35 heavy (non-hydrogen) atoms. The lowest BCUT2D eigenvalue weighted by molar-refractivity contribution is -0.123. The van der Waals surface area contributed by atoms with Crippen LogP contribution in [-0.2, 0) is 11.3 Å². The smallest absolute Gasteiger partial charge is 0.340 e. The second-order valence-corrected chi connectivity index (χ2v) is 9.43. The third-order valence-electron chi connectivity index (χ3n) is 5.41. The van der Waals surface area contributed by atoms with Crippen LogP contribution in [-0.4, -0.2) is 32.9 Å². The van der Waals surface area contributed by atoms with Gasteiger partial charge < -0.3 is 10.2 Å². The topological polar surface area (TPSA) is 65.5 Å².